The topological polar surface area (TPSA) is 41.6 Å². The molecule has 0 unspecified atom stereocenters. The summed E-state index contributed by atoms with van der Waals surface area (Å²) in [7, 11) is 1.76. The first-order chi connectivity index (χ1) is 13.2. The predicted molar refractivity (Wildman–Crippen MR) is 111 cm³/mol. The van der Waals surface area contributed by atoms with E-state index in [1.165, 1.54) is 5.56 Å². The highest BCUT2D eigenvalue weighted by Gasteiger charge is 2.24. The summed E-state index contributed by atoms with van der Waals surface area (Å²) < 4.78 is 5.74. The van der Waals surface area contributed by atoms with Crippen LogP contribution in [0.25, 0.3) is 10.4 Å². The van der Waals surface area contributed by atoms with Crippen LogP contribution in [0, 0.1) is 6.92 Å². The number of benzene rings is 1. The smallest absolute Gasteiger partial charge is 0.264 e. The number of hydrogen-bond donors (Lipinski definition) is 1. The molecule has 5 heteroatoms. The molecule has 3 heterocycles. The van der Waals surface area contributed by atoms with E-state index >= 15 is 0 Å². The Labute approximate surface area is 165 Å². The molecule has 4 rings (SSSR count). The van der Waals surface area contributed by atoms with E-state index in [4.69, 9.17) is 4.74 Å². The lowest BCUT2D eigenvalue weighted by molar-refractivity contribution is 0.0797. The van der Waals surface area contributed by atoms with Crippen LogP contribution in [0.15, 0.2) is 24.3 Å². The average molecular weight is 385 g/mol. The van der Waals surface area contributed by atoms with Gasteiger partial charge in [-0.3, -0.25) is 4.79 Å². The lowest BCUT2D eigenvalue weighted by atomic mass is 9.89. The van der Waals surface area contributed by atoms with Gasteiger partial charge in [-0.1, -0.05) is 12.1 Å². The minimum Gasteiger partial charge on any atom is -0.496 e. The third-order valence-electron chi connectivity index (χ3n) is 5.80. The summed E-state index contributed by atoms with van der Waals surface area (Å²) in [5.74, 6) is 1.73. The first kappa shape index (κ1) is 18.5. The maximum Gasteiger partial charge on any atom is 0.264 e. The fraction of sp³-hybridized carbons (Fsp3) is 0.500. The fourth-order valence-electron chi connectivity index (χ4n) is 4.24. The molecule has 27 heavy (non-hydrogen) atoms. The van der Waals surface area contributed by atoms with Gasteiger partial charge in [-0.2, -0.15) is 0 Å². The highest BCUT2D eigenvalue weighted by molar-refractivity contribution is 7.17. The highest BCUT2D eigenvalue weighted by Crippen LogP contribution is 2.38. The molecular formula is C22H28N2O2S. The number of hydrogen-bond acceptors (Lipinski definition) is 4. The molecule has 0 atom stereocenters. The minimum absolute atomic E-state index is 0.194. The molecule has 2 aliphatic rings. The van der Waals surface area contributed by atoms with Crippen molar-refractivity contribution in [2.45, 2.75) is 38.5 Å². The van der Waals surface area contributed by atoms with Gasteiger partial charge in [0.1, 0.15) is 5.75 Å². The van der Waals surface area contributed by atoms with Crippen LogP contribution in [0.3, 0.4) is 0 Å². The quantitative estimate of drug-likeness (QED) is 0.848. The van der Waals surface area contributed by atoms with Crippen LogP contribution in [0.1, 0.15) is 52.4 Å². The number of carbonyl (C=O) groups is 1. The minimum atomic E-state index is 0.194. The van der Waals surface area contributed by atoms with Crippen molar-refractivity contribution in [3.05, 3.63) is 40.3 Å². The van der Waals surface area contributed by atoms with Crippen LogP contribution >= 0.6 is 11.3 Å². The zero-order valence-electron chi connectivity index (χ0n) is 16.2. The van der Waals surface area contributed by atoms with Crippen molar-refractivity contribution in [3.8, 4) is 16.2 Å². The predicted octanol–water partition coefficient (Wildman–Crippen LogP) is 4.44. The summed E-state index contributed by atoms with van der Waals surface area (Å²) in [5, 5.41) is 3.43. The van der Waals surface area contributed by atoms with Crippen molar-refractivity contribution in [1.29, 1.82) is 0 Å². The third kappa shape index (κ3) is 3.76. The standard InChI is InChI=1S/C22H28N2O2S/c1-15-13-20(27-21(15)22(25)24-11-3-4-12-24)17-5-6-18(19(14-17)26-2)16-7-9-23-10-8-16/h5-6,13-14,16,23H,3-4,7-12H2,1-2H3. The molecule has 1 aromatic heterocycles. The Morgan fingerprint density at radius 1 is 1.19 bits per heavy atom. The van der Waals surface area contributed by atoms with Crippen molar-refractivity contribution in [2.24, 2.45) is 0 Å². The molecule has 0 saturated carbocycles. The number of amides is 1. The molecule has 2 fully saturated rings. The first-order valence-electron chi connectivity index (χ1n) is 9.96. The largest absolute Gasteiger partial charge is 0.496 e. The summed E-state index contributed by atoms with van der Waals surface area (Å²) in [6.45, 7) is 5.97. The van der Waals surface area contributed by atoms with Gasteiger partial charge in [-0.05, 0) is 80.4 Å². The lowest BCUT2D eigenvalue weighted by Gasteiger charge is -2.24. The van der Waals surface area contributed by atoms with Gasteiger partial charge >= 0.3 is 0 Å². The number of aryl methyl sites for hydroxylation is 1. The number of piperidine rings is 1. The lowest BCUT2D eigenvalue weighted by Crippen LogP contribution is -2.27. The van der Waals surface area contributed by atoms with Crippen LogP contribution in [-0.4, -0.2) is 44.1 Å². The second-order valence-electron chi connectivity index (χ2n) is 7.60. The summed E-state index contributed by atoms with van der Waals surface area (Å²) in [4.78, 5) is 16.8. The number of methoxy groups -OCH3 is 1. The third-order valence-corrected chi connectivity index (χ3v) is 7.08. The molecule has 0 radical (unpaired) electrons. The number of nitrogens with zero attached hydrogens (tertiary/aromatic N) is 1. The molecule has 1 N–H and O–H groups in total. The normalized spacial score (nSPS) is 18.1. The van der Waals surface area contributed by atoms with Crippen LogP contribution in [0.2, 0.25) is 0 Å². The summed E-state index contributed by atoms with van der Waals surface area (Å²) >= 11 is 1.61. The van der Waals surface area contributed by atoms with E-state index in [-0.39, 0.29) is 5.91 Å². The van der Waals surface area contributed by atoms with Gasteiger partial charge in [0.2, 0.25) is 0 Å². The van der Waals surface area contributed by atoms with E-state index in [1.807, 2.05) is 11.8 Å². The summed E-state index contributed by atoms with van der Waals surface area (Å²) in [5.41, 5.74) is 3.52. The maximum atomic E-state index is 12.8. The molecule has 0 aliphatic carbocycles. The van der Waals surface area contributed by atoms with Crippen LogP contribution < -0.4 is 10.1 Å². The number of carbonyl (C=O) groups excluding carboxylic acids is 1. The van der Waals surface area contributed by atoms with E-state index in [9.17, 15) is 4.79 Å². The van der Waals surface area contributed by atoms with Crippen molar-refractivity contribution in [2.75, 3.05) is 33.3 Å². The molecule has 2 aliphatic heterocycles. The number of rotatable bonds is 4. The van der Waals surface area contributed by atoms with Gasteiger partial charge in [-0.25, -0.2) is 0 Å². The zero-order valence-corrected chi connectivity index (χ0v) is 17.0. The van der Waals surface area contributed by atoms with Crippen LogP contribution in [-0.2, 0) is 0 Å². The Hall–Kier alpha value is -1.85. The number of nitrogens with one attached hydrogen (secondary N) is 1. The molecule has 1 aromatic carbocycles. The number of likely N-dealkylation sites (tertiary alicyclic amines) is 1. The molecule has 2 saturated heterocycles. The molecule has 0 spiro atoms. The van der Waals surface area contributed by atoms with Crippen molar-refractivity contribution >= 4 is 17.2 Å². The molecule has 1 amide bonds. The van der Waals surface area contributed by atoms with Crippen molar-refractivity contribution in [1.82, 2.24) is 10.2 Å². The SMILES string of the molecule is COc1cc(-c2cc(C)c(C(=O)N3CCCC3)s2)ccc1C1CCNCC1. The Kier molecular flexibility index (Phi) is 5.50. The maximum absolute atomic E-state index is 12.8. The van der Waals surface area contributed by atoms with Gasteiger partial charge in [0.15, 0.2) is 0 Å². The van der Waals surface area contributed by atoms with E-state index < -0.39 is 0 Å². The van der Waals surface area contributed by atoms with Crippen molar-refractivity contribution in [3.63, 3.8) is 0 Å². The Morgan fingerprint density at radius 3 is 2.63 bits per heavy atom. The Bertz CT molecular complexity index is 818. The zero-order chi connectivity index (χ0) is 18.8. The summed E-state index contributed by atoms with van der Waals surface area (Å²) in [6, 6.07) is 8.70. The Balaban J connectivity index is 1.61. The van der Waals surface area contributed by atoms with E-state index in [2.05, 4.69) is 29.6 Å². The van der Waals surface area contributed by atoms with Gasteiger partial charge in [0.05, 0.1) is 12.0 Å². The van der Waals surface area contributed by atoms with E-state index in [0.717, 1.165) is 78.5 Å². The van der Waals surface area contributed by atoms with Crippen LogP contribution in [0.5, 0.6) is 5.75 Å². The van der Waals surface area contributed by atoms with Crippen LogP contribution in [0.4, 0.5) is 0 Å². The monoisotopic (exact) mass is 384 g/mol. The number of ether oxygens (including phenoxy) is 1. The van der Waals surface area contributed by atoms with Gasteiger partial charge in [0, 0.05) is 18.0 Å². The second kappa shape index (κ2) is 8.03. The second-order valence-corrected chi connectivity index (χ2v) is 8.66. The molecular weight excluding hydrogens is 356 g/mol. The van der Waals surface area contributed by atoms with Gasteiger partial charge < -0.3 is 15.0 Å². The fourth-order valence-corrected chi connectivity index (χ4v) is 5.37. The van der Waals surface area contributed by atoms with Gasteiger partial charge in [0.25, 0.3) is 5.91 Å². The number of thiophene rings is 1. The highest BCUT2D eigenvalue weighted by atomic mass is 32.1. The average Bonchev–Trinajstić information content (AvgIpc) is 3.38. The Morgan fingerprint density at radius 2 is 1.93 bits per heavy atom. The molecule has 0 bridgehead atoms. The van der Waals surface area contributed by atoms with E-state index in [0.29, 0.717) is 5.92 Å². The van der Waals surface area contributed by atoms with E-state index in [1.54, 1.807) is 18.4 Å². The van der Waals surface area contributed by atoms with Gasteiger partial charge in [-0.15, -0.1) is 11.3 Å². The molecule has 144 valence electrons. The first-order valence-corrected chi connectivity index (χ1v) is 10.8. The summed E-state index contributed by atoms with van der Waals surface area (Å²) in [6.07, 6.45) is 4.56. The van der Waals surface area contributed by atoms with Crippen molar-refractivity contribution < 1.29 is 9.53 Å². The molecule has 2 aromatic rings. The molecule has 4 nitrogen and oxygen atoms in total.